The number of amides is 3. The van der Waals surface area contributed by atoms with Crippen LogP contribution in [0.4, 0.5) is 27.7 Å². The Labute approximate surface area is 251 Å². The number of nitrogen functional groups attached to an aromatic ring is 2. The fourth-order valence-corrected chi connectivity index (χ4v) is 4.28. The van der Waals surface area contributed by atoms with Crippen LogP contribution in [0.3, 0.4) is 0 Å². The minimum Gasteiger partial charge on any atom is -0.491 e. The van der Waals surface area contributed by atoms with Crippen molar-refractivity contribution in [3.05, 3.63) is 47.7 Å². The van der Waals surface area contributed by atoms with Crippen molar-refractivity contribution in [1.82, 2.24) is 14.8 Å². The second-order valence-electron chi connectivity index (χ2n) is 11.1. The van der Waals surface area contributed by atoms with E-state index in [2.05, 4.69) is 20.5 Å². The summed E-state index contributed by atoms with van der Waals surface area (Å²) in [5, 5.41) is 6.30. The van der Waals surface area contributed by atoms with Gasteiger partial charge in [-0.05, 0) is 45.4 Å². The van der Waals surface area contributed by atoms with Crippen LogP contribution in [0.1, 0.15) is 47.9 Å². The van der Waals surface area contributed by atoms with Gasteiger partial charge in [-0.3, -0.25) is 14.5 Å². The van der Waals surface area contributed by atoms with E-state index in [1.165, 1.54) is 18.3 Å². The molecule has 10 N–H and O–H groups in total. The van der Waals surface area contributed by atoms with Gasteiger partial charge in [0.15, 0.2) is 0 Å². The van der Waals surface area contributed by atoms with Gasteiger partial charge in [-0.1, -0.05) is 12.2 Å². The molecule has 0 aliphatic carbocycles. The molecule has 43 heavy (non-hydrogen) atoms. The number of piperazine rings is 1. The summed E-state index contributed by atoms with van der Waals surface area (Å²) < 4.78 is 11.5. The molecule has 1 aliphatic rings. The highest BCUT2D eigenvalue weighted by molar-refractivity contribution is 5.96. The quantitative estimate of drug-likeness (QED) is 0.111. The Hall–Kier alpha value is -4.72. The molecule has 1 fully saturated rings. The van der Waals surface area contributed by atoms with E-state index in [9.17, 15) is 14.4 Å². The topological polar surface area (TPSA) is 217 Å². The number of hydrogen-bond acceptors (Lipinski definition) is 11. The molecule has 0 spiro atoms. The largest absolute Gasteiger partial charge is 0.491 e. The highest BCUT2D eigenvalue weighted by Gasteiger charge is 2.25. The summed E-state index contributed by atoms with van der Waals surface area (Å²) in [4.78, 5) is 43.5. The lowest BCUT2D eigenvalue weighted by Crippen LogP contribution is -2.50. The SMILES string of the molecule is CC(C)(C)OC(=O)N1CCN(CCCOc2cc(C(N)=O)cc(N)c2NCC=CCNc2ncc(C(N)=O)cc2N)CC1. The van der Waals surface area contributed by atoms with Crippen LogP contribution in [0.2, 0.25) is 0 Å². The summed E-state index contributed by atoms with van der Waals surface area (Å²) in [6, 6.07) is 4.56. The minimum atomic E-state index is -0.603. The molecular formula is C29H43N9O5. The number of primary amides is 2. The fraction of sp³-hybridized carbons (Fsp3) is 0.448. The predicted octanol–water partition coefficient (Wildman–Crippen LogP) is 1.85. The molecule has 0 radical (unpaired) electrons. The molecule has 234 valence electrons. The molecule has 2 heterocycles. The zero-order valence-electron chi connectivity index (χ0n) is 25.0. The summed E-state index contributed by atoms with van der Waals surface area (Å²) >= 11 is 0. The molecule has 1 saturated heterocycles. The van der Waals surface area contributed by atoms with Crippen molar-refractivity contribution in [1.29, 1.82) is 0 Å². The van der Waals surface area contributed by atoms with Gasteiger partial charge >= 0.3 is 6.09 Å². The van der Waals surface area contributed by atoms with E-state index >= 15 is 0 Å². The van der Waals surface area contributed by atoms with Crippen LogP contribution in [0.25, 0.3) is 0 Å². The monoisotopic (exact) mass is 597 g/mol. The summed E-state index contributed by atoms with van der Waals surface area (Å²) in [7, 11) is 0. The van der Waals surface area contributed by atoms with Crippen molar-refractivity contribution in [2.45, 2.75) is 32.8 Å². The Morgan fingerprint density at radius 3 is 2.16 bits per heavy atom. The average molecular weight is 598 g/mol. The first-order valence-corrected chi connectivity index (χ1v) is 14.1. The average Bonchev–Trinajstić information content (AvgIpc) is 2.93. The van der Waals surface area contributed by atoms with E-state index in [4.69, 9.17) is 32.4 Å². The Bertz CT molecular complexity index is 1320. The van der Waals surface area contributed by atoms with Crippen molar-refractivity contribution >= 4 is 40.8 Å². The van der Waals surface area contributed by atoms with Crippen LogP contribution < -0.4 is 38.3 Å². The van der Waals surface area contributed by atoms with Gasteiger partial charge in [-0.15, -0.1) is 0 Å². The standard InChI is InChI=1S/C29H43N9O5/c1-29(2,3)43-28(41)38-12-10-37(11-13-38)9-6-14-42-23-17-19(25(32)39)15-21(30)24(23)34-7-4-5-8-35-27-22(31)16-20(18-36-27)26(33)40/h4-5,15-18,34H,6-14,30-31H2,1-3H3,(H2,32,39)(H2,33,40)(H,35,36). The number of anilines is 4. The van der Waals surface area contributed by atoms with E-state index in [0.29, 0.717) is 61.4 Å². The second kappa shape index (κ2) is 15.0. The number of rotatable bonds is 13. The number of nitrogens with two attached hydrogens (primary N) is 4. The van der Waals surface area contributed by atoms with Crippen LogP contribution >= 0.6 is 0 Å². The first-order valence-electron chi connectivity index (χ1n) is 14.1. The van der Waals surface area contributed by atoms with Crippen LogP contribution in [-0.4, -0.2) is 90.7 Å². The summed E-state index contributed by atoms with van der Waals surface area (Å²) in [6.07, 6.45) is 5.55. The number of benzene rings is 1. The molecule has 3 amide bonds. The molecule has 0 unspecified atom stereocenters. The minimum absolute atomic E-state index is 0.235. The van der Waals surface area contributed by atoms with Gasteiger partial charge in [0, 0.05) is 57.6 Å². The van der Waals surface area contributed by atoms with Crippen LogP contribution in [0.15, 0.2) is 36.5 Å². The third-order valence-electron chi connectivity index (χ3n) is 6.47. The van der Waals surface area contributed by atoms with Gasteiger partial charge < -0.3 is 47.9 Å². The van der Waals surface area contributed by atoms with Crippen molar-refractivity contribution in [2.24, 2.45) is 11.5 Å². The van der Waals surface area contributed by atoms with Crippen molar-refractivity contribution in [2.75, 3.05) is 74.5 Å². The zero-order valence-corrected chi connectivity index (χ0v) is 25.0. The zero-order chi connectivity index (χ0) is 31.6. The molecular weight excluding hydrogens is 554 g/mol. The number of carbonyl (C=O) groups excluding carboxylic acids is 3. The predicted molar refractivity (Wildman–Crippen MR) is 167 cm³/mol. The third-order valence-corrected chi connectivity index (χ3v) is 6.47. The summed E-state index contributed by atoms with van der Waals surface area (Å²) in [5.41, 5.74) is 24.1. The molecule has 1 aromatic carbocycles. The summed E-state index contributed by atoms with van der Waals surface area (Å²) in [5.74, 6) is -0.330. The normalized spacial score (nSPS) is 14.0. The van der Waals surface area contributed by atoms with Crippen LogP contribution in [0.5, 0.6) is 5.75 Å². The molecule has 2 aromatic rings. The fourth-order valence-electron chi connectivity index (χ4n) is 4.28. The maximum atomic E-state index is 12.3. The van der Waals surface area contributed by atoms with Gasteiger partial charge in [0.05, 0.1) is 23.5 Å². The first kappa shape index (κ1) is 32.8. The van der Waals surface area contributed by atoms with Gasteiger partial charge in [0.1, 0.15) is 22.9 Å². The number of aromatic nitrogens is 1. The van der Waals surface area contributed by atoms with Gasteiger partial charge in [-0.25, -0.2) is 9.78 Å². The number of ether oxygens (including phenoxy) is 2. The Morgan fingerprint density at radius 2 is 1.56 bits per heavy atom. The number of nitrogens with zero attached hydrogens (tertiary/aromatic N) is 3. The smallest absolute Gasteiger partial charge is 0.410 e. The maximum absolute atomic E-state index is 12.3. The number of hydrogen-bond donors (Lipinski definition) is 6. The number of pyridine rings is 1. The molecule has 0 saturated carbocycles. The van der Waals surface area contributed by atoms with Gasteiger partial charge in [-0.2, -0.15) is 0 Å². The highest BCUT2D eigenvalue weighted by atomic mass is 16.6. The number of carbonyl (C=O) groups is 3. The van der Waals surface area contributed by atoms with Crippen molar-refractivity contribution < 1.29 is 23.9 Å². The molecule has 0 bridgehead atoms. The van der Waals surface area contributed by atoms with E-state index in [1.54, 1.807) is 11.0 Å². The maximum Gasteiger partial charge on any atom is 0.410 e. The van der Waals surface area contributed by atoms with Gasteiger partial charge in [0.2, 0.25) is 11.8 Å². The first-order chi connectivity index (χ1) is 20.3. The van der Waals surface area contributed by atoms with E-state index in [0.717, 1.165) is 26.1 Å². The molecule has 14 nitrogen and oxygen atoms in total. The molecule has 0 atom stereocenters. The Kier molecular flexibility index (Phi) is 11.4. The van der Waals surface area contributed by atoms with E-state index in [-0.39, 0.29) is 17.2 Å². The van der Waals surface area contributed by atoms with Crippen LogP contribution in [-0.2, 0) is 4.74 Å². The molecule has 14 heteroatoms. The molecule has 1 aliphatic heterocycles. The van der Waals surface area contributed by atoms with Gasteiger partial charge in [0.25, 0.3) is 0 Å². The lowest BCUT2D eigenvalue weighted by atomic mass is 10.1. The van der Waals surface area contributed by atoms with Crippen molar-refractivity contribution in [3.63, 3.8) is 0 Å². The molecule has 3 rings (SSSR count). The van der Waals surface area contributed by atoms with Crippen LogP contribution in [0, 0.1) is 0 Å². The highest BCUT2D eigenvalue weighted by Crippen LogP contribution is 2.32. The third kappa shape index (κ3) is 10.3. The van der Waals surface area contributed by atoms with Crippen molar-refractivity contribution in [3.8, 4) is 5.75 Å². The van der Waals surface area contributed by atoms with E-state index in [1.807, 2.05) is 32.9 Å². The summed E-state index contributed by atoms with van der Waals surface area (Å²) in [6.45, 7) is 10.3. The van der Waals surface area contributed by atoms with E-state index < -0.39 is 17.4 Å². The Balaban J connectivity index is 1.48. The lowest BCUT2D eigenvalue weighted by molar-refractivity contribution is 0.0142. The number of nitrogens with one attached hydrogen (secondary N) is 2. The molecule has 1 aromatic heterocycles. The lowest BCUT2D eigenvalue weighted by Gasteiger charge is -2.35. The Morgan fingerprint density at radius 1 is 0.930 bits per heavy atom. The second-order valence-corrected chi connectivity index (χ2v) is 11.1.